The van der Waals surface area contributed by atoms with E-state index in [0.29, 0.717) is 34.4 Å². The van der Waals surface area contributed by atoms with E-state index in [9.17, 15) is 14.4 Å². The highest BCUT2D eigenvalue weighted by atomic mass is 32.2. The second-order valence-corrected chi connectivity index (χ2v) is 7.07. The number of allylic oxidation sites excluding steroid dienone is 1. The number of hydrogen-bond donors (Lipinski definition) is 0. The average molecular weight is 388 g/mol. The summed E-state index contributed by atoms with van der Waals surface area (Å²) in [4.78, 5) is 42.9. The average Bonchev–Trinajstić information content (AvgIpc) is 2.61. The monoisotopic (exact) mass is 388 g/mol. The van der Waals surface area contributed by atoms with Crippen LogP contribution in [0.25, 0.3) is 0 Å². The van der Waals surface area contributed by atoms with Crippen molar-refractivity contribution in [2.24, 2.45) is 4.99 Å². The summed E-state index contributed by atoms with van der Waals surface area (Å²) in [6, 6.07) is 6.13. The number of nitrogens with zero attached hydrogens (tertiary/aromatic N) is 2. The van der Waals surface area contributed by atoms with Crippen molar-refractivity contribution in [3.05, 3.63) is 41.1 Å². The van der Waals surface area contributed by atoms with E-state index < -0.39 is 18.0 Å². The second kappa shape index (κ2) is 7.96. The van der Waals surface area contributed by atoms with Crippen molar-refractivity contribution in [1.29, 1.82) is 0 Å². The number of carbonyl (C=O) groups is 3. The van der Waals surface area contributed by atoms with Crippen molar-refractivity contribution in [3.63, 3.8) is 0 Å². The normalized spacial score (nSPS) is 19.4. The Kier molecular flexibility index (Phi) is 5.65. The Balaban J connectivity index is 2.19. The molecule has 1 aromatic carbocycles. The first-order valence-electron chi connectivity index (χ1n) is 8.62. The number of amidine groups is 1. The fraction of sp³-hybridized carbons (Fsp3) is 0.368. The molecule has 0 saturated carbocycles. The van der Waals surface area contributed by atoms with Crippen molar-refractivity contribution in [2.75, 3.05) is 12.4 Å². The van der Waals surface area contributed by atoms with E-state index in [-0.39, 0.29) is 18.1 Å². The van der Waals surface area contributed by atoms with Gasteiger partial charge in [0.1, 0.15) is 11.8 Å². The topological polar surface area (TPSA) is 85.3 Å². The summed E-state index contributed by atoms with van der Waals surface area (Å²) >= 11 is 1.46. The summed E-state index contributed by atoms with van der Waals surface area (Å²) in [5, 5.41) is 0.541. The quantitative estimate of drug-likeness (QED) is 0.582. The maximum atomic E-state index is 12.7. The fourth-order valence-corrected chi connectivity index (χ4v) is 4.12. The third-order valence-corrected chi connectivity index (χ3v) is 5.12. The molecule has 3 rings (SSSR count). The molecule has 1 atom stereocenters. The highest BCUT2D eigenvalue weighted by molar-refractivity contribution is 8.14. The van der Waals surface area contributed by atoms with E-state index in [4.69, 9.17) is 9.47 Å². The van der Waals surface area contributed by atoms with Gasteiger partial charge in [-0.15, -0.1) is 0 Å². The van der Waals surface area contributed by atoms with Gasteiger partial charge in [0.2, 0.25) is 5.91 Å². The molecule has 1 fully saturated rings. The van der Waals surface area contributed by atoms with Crippen LogP contribution in [0, 0.1) is 0 Å². The van der Waals surface area contributed by atoms with E-state index >= 15 is 0 Å². The first-order chi connectivity index (χ1) is 12.9. The molecule has 142 valence electrons. The molecule has 7 nitrogen and oxygen atoms in total. The number of fused-ring (bicyclic) bond motifs is 1. The molecule has 1 saturated heterocycles. The number of aliphatic imine (C=N–C) groups is 1. The van der Waals surface area contributed by atoms with Crippen LogP contribution in [0.15, 0.2) is 40.5 Å². The largest absolute Gasteiger partial charge is 0.463 e. The Hall–Kier alpha value is -2.61. The zero-order valence-electron chi connectivity index (χ0n) is 15.4. The van der Waals surface area contributed by atoms with Crippen LogP contribution in [0.3, 0.4) is 0 Å². The summed E-state index contributed by atoms with van der Waals surface area (Å²) in [5.74, 6) is -0.221. The van der Waals surface area contributed by atoms with Gasteiger partial charge in [-0.2, -0.15) is 0 Å². The van der Waals surface area contributed by atoms with Crippen LogP contribution in [0.4, 0.5) is 0 Å². The summed E-state index contributed by atoms with van der Waals surface area (Å²) in [6.45, 7) is 4.94. The molecule has 0 unspecified atom stereocenters. The van der Waals surface area contributed by atoms with E-state index in [1.54, 1.807) is 38.1 Å². The molecule has 2 heterocycles. The second-order valence-electron chi connectivity index (χ2n) is 6.01. The lowest BCUT2D eigenvalue weighted by atomic mass is 9.93. The zero-order valence-corrected chi connectivity index (χ0v) is 16.2. The van der Waals surface area contributed by atoms with Gasteiger partial charge >= 0.3 is 11.9 Å². The zero-order chi connectivity index (χ0) is 19.6. The van der Waals surface area contributed by atoms with Crippen molar-refractivity contribution in [1.82, 2.24) is 4.90 Å². The van der Waals surface area contributed by atoms with Crippen LogP contribution in [-0.2, 0) is 19.1 Å². The number of benzene rings is 1. The highest BCUT2D eigenvalue weighted by Crippen LogP contribution is 2.43. The first-order valence-corrected chi connectivity index (χ1v) is 9.61. The summed E-state index contributed by atoms with van der Waals surface area (Å²) in [6.07, 6.45) is 0.338. The Labute approximate surface area is 161 Å². The number of rotatable bonds is 4. The predicted octanol–water partition coefficient (Wildman–Crippen LogP) is 2.83. The minimum Gasteiger partial charge on any atom is -0.463 e. The highest BCUT2D eigenvalue weighted by Gasteiger charge is 2.42. The molecule has 0 radical (unpaired) electrons. The number of ether oxygens (including phenoxy) is 2. The molecule has 1 amide bonds. The van der Waals surface area contributed by atoms with Gasteiger partial charge in [-0.1, -0.05) is 30.0 Å². The van der Waals surface area contributed by atoms with Crippen LogP contribution < -0.4 is 4.74 Å². The van der Waals surface area contributed by atoms with Crippen molar-refractivity contribution in [3.8, 4) is 5.75 Å². The van der Waals surface area contributed by atoms with Crippen LogP contribution in [0.5, 0.6) is 5.75 Å². The third-order valence-electron chi connectivity index (χ3n) is 4.17. The molecule has 0 aromatic heterocycles. The lowest BCUT2D eigenvalue weighted by Gasteiger charge is -2.39. The Bertz CT molecular complexity index is 861. The number of esters is 2. The van der Waals surface area contributed by atoms with Crippen LogP contribution in [-0.4, -0.2) is 40.3 Å². The van der Waals surface area contributed by atoms with E-state index in [1.165, 1.54) is 23.6 Å². The summed E-state index contributed by atoms with van der Waals surface area (Å²) in [5.41, 5.74) is 1.30. The van der Waals surface area contributed by atoms with Gasteiger partial charge in [-0.3, -0.25) is 14.5 Å². The van der Waals surface area contributed by atoms with E-state index in [2.05, 4.69) is 4.99 Å². The lowest BCUT2D eigenvalue weighted by Crippen LogP contribution is -2.46. The maximum absolute atomic E-state index is 12.7. The Morgan fingerprint density at radius 2 is 2.07 bits per heavy atom. The SMILES string of the molecule is CCOC(=O)C1=C(C)N=C2SCCC(=O)N2[C@@H]1c1ccccc1OC(C)=O. The standard InChI is InChI=1S/C19H20N2O5S/c1-4-25-18(24)16-11(2)20-19-21(15(23)9-10-27-19)17(16)13-7-5-6-8-14(13)26-12(3)22/h5-8,17H,4,9-10H2,1-3H3/t17-/m1/s1. The molecule has 8 heteroatoms. The third kappa shape index (κ3) is 3.75. The van der Waals surface area contributed by atoms with Gasteiger partial charge in [0, 0.05) is 24.7 Å². The summed E-state index contributed by atoms with van der Waals surface area (Å²) < 4.78 is 10.6. The van der Waals surface area contributed by atoms with Crippen molar-refractivity contribution < 1.29 is 23.9 Å². The maximum Gasteiger partial charge on any atom is 0.338 e. The Morgan fingerprint density at radius 1 is 1.33 bits per heavy atom. The van der Waals surface area contributed by atoms with E-state index in [1.807, 2.05) is 0 Å². The van der Waals surface area contributed by atoms with Crippen molar-refractivity contribution >= 4 is 34.8 Å². The molecule has 2 aliphatic rings. The molecule has 1 aromatic rings. The van der Waals surface area contributed by atoms with Gasteiger partial charge in [-0.25, -0.2) is 9.79 Å². The minimum atomic E-state index is -0.757. The fourth-order valence-electron chi connectivity index (χ4n) is 3.11. The number of para-hydroxylation sites is 1. The van der Waals surface area contributed by atoms with Gasteiger partial charge < -0.3 is 9.47 Å². The van der Waals surface area contributed by atoms with Gasteiger partial charge in [0.05, 0.1) is 17.9 Å². The smallest absolute Gasteiger partial charge is 0.338 e. The lowest BCUT2D eigenvalue weighted by molar-refractivity contribution is -0.139. The number of thioether (sulfide) groups is 1. The minimum absolute atomic E-state index is 0.135. The summed E-state index contributed by atoms with van der Waals surface area (Å²) in [7, 11) is 0. The van der Waals surface area contributed by atoms with Crippen LogP contribution in [0.1, 0.15) is 38.8 Å². The molecule has 2 aliphatic heterocycles. The number of amides is 1. The van der Waals surface area contributed by atoms with Gasteiger partial charge in [0.15, 0.2) is 5.17 Å². The Morgan fingerprint density at radius 3 is 2.78 bits per heavy atom. The molecule has 0 spiro atoms. The van der Waals surface area contributed by atoms with Gasteiger partial charge in [0.25, 0.3) is 0 Å². The molecule has 0 bridgehead atoms. The van der Waals surface area contributed by atoms with E-state index in [0.717, 1.165) is 0 Å². The molecular weight excluding hydrogens is 368 g/mol. The number of hydrogen-bond acceptors (Lipinski definition) is 7. The number of carbonyl (C=O) groups excluding carboxylic acids is 3. The molecule has 0 aliphatic carbocycles. The molecular formula is C19H20N2O5S. The van der Waals surface area contributed by atoms with Gasteiger partial charge in [-0.05, 0) is 19.9 Å². The predicted molar refractivity (Wildman–Crippen MR) is 101 cm³/mol. The van der Waals surface area contributed by atoms with Crippen LogP contribution in [0.2, 0.25) is 0 Å². The molecule has 27 heavy (non-hydrogen) atoms. The molecule has 0 N–H and O–H groups in total. The van der Waals surface area contributed by atoms with Crippen LogP contribution >= 0.6 is 11.8 Å². The van der Waals surface area contributed by atoms with Crippen molar-refractivity contribution in [2.45, 2.75) is 33.2 Å². The first kappa shape index (κ1) is 19.2.